The third kappa shape index (κ3) is 5.52. The number of fused-ring (bicyclic) bond motifs is 1. The first-order chi connectivity index (χ1) is 13.6. The van der Waals surface area contributed by atoms with Gasteiger partial charge in [-0.2, -0.15) is 0 Å². The monoisotopic (exact) mass is 406 g/mol. The number of nitrogens with zero attached hydrogens (tertiary/aromatic N) is 2. The zero-order valence-electron chi connectivity index (χ0n) is 18.4. The minimum Gasteiger partial charge on any atom is -0.458 e. The lowest BCUT2D eigenvalue weighted by atomic mass is 9.90. The Morgan fingerprint density at radius 3 is 2.55 bits per heavy atom. The molecule has 2 N–H and O–H groups in total. The van der Waals surface area contributed by atoms with E-state index < -0.39 is 5.97 Å². The Morgan fingerprint density at radius 2 is 1.93 bits per heavy atom. The Hall–Kier alpha value is -2.51. The molecule has 29 heavy (non-hydrogen) atoms. The van der Waals surface area contributed by atoms with Crippen molar-refractivity contribution in [1.82, 2.24) is 20.1 Å². The standard InChI is InChI=1S/C21H34N4O4/c1-7-22-20(28)23-9-8-10-24-11-12-25-13-16(14(2)17(25)18(24)26)19(27)29-15(3)21(4,5)6/h13,15H,7-12H2,1-6H3,(H2,22,23,28). The van der Waals surface area contributed by atoms with Gasteiger partial charge in [0.15, 0.2) is 0 Å². The fourth-order valence-electron chi connectivity index (χ4n) is 3.11. The summed E-state index contributed by atoms with van der Waals surface area (Å²) in [5.41, 5.74) is 1.50. The van der Waals surface area contributed by atoms with Gasteiger partial charge in [0.05, 0.1) is 5.56 Å². The summed E-state index contributed by atoms with van der Waals surface area (Å²) in [4.78, 5) is 38.8. The van der Waals surface area contributed by atoms with Crippen molar-refractivity contribution in [3.8, 4) is 0 Å². The van der Waals surface area contributed by atoms with Crippen molar-refractivity contribution in [2.75, 3.05) is 26.2 Å². The average Bonchev–Trinajstić information content (AvgIpc) is 2.97. The largest absolute Gasteiger partial charge is 0.458 e. The van der Waals surface area contributed by atoms with Crippen LogP contribution in [0.25, 0.3) is 0 Å². The van der Waals surface area contributed by atoms with Crippen LogP contribution >= 0.6 is 0 Å². The van der Waals surface area contributed by atoms with Crippen LogP contribution in [0.1, 0.15) is 67.4 Å². The summed E-state index contributed by atoms with van der Waals surface area (Å²) in [7, 11) is 0. The normalized spacial score (nSPS) is 15.0. The zero-order chi connectivity index (χ0) is 21.8. The van der Waals surface area contributed by atoms with E-state index in [4.69, 9.17) is 4.74 Å². The highest BCUT2D eigenvalue weighted by molar-refractivity contribution is 6.00. The Morgan fingerprint density at radius 1 is 1.24 bits per heavy atom. The molecule has 1 unspecified atom stereocenters. The second kappa shape index (κ2) is 9.33. The van der Waals surface area contributed by atoms with Gasteiger partial charge in [-0.05, 0) is 38.2 Å². The third-order valence-electron chi connectivity index (χ3n) is 5.38. The summed E-state index contributed by atoms with van der Waals surface area (Å²) >= 11 is 0. The molecule has 0 aromatic carbocycles. The van der Waals surface area contributed by atoms with Gasteiger partial charge in [0.25, 0.3) is 5.91 Å². The van der Waals surface area contributed by atoms with E-state index in [0.29, 0.717) is 56.0 Å². The topological polar surface area (TPSA) is 92.7 Å². The number of urea groups is 1. The van der Waals surface area contributed by atoms with Crippen LogP contribution in [-0.4, -0.2) is 59.7 Å². The van der Waals surface area contributed by atoms with Crippen molar-refractivity contribution < 1.29 is 19.1 Å². The molecule has 162 valence electrons. The zero-order valence-corrected chi connectivity index (χ0v) is 18.4. The van der Waals surface area contributed by atoms with Crippen LogP contribution in [0, 0.1) is 12.3 Å². The molecule has 1 aliphatic rings. The molecule has 0 radical (unpaired) electrons. The van der Waals surface area contributed by atoms with Crippen molar-refractivity contribution in [2.45, 2.75) is 60.6 Å². The molecule has 1 aliphatic heterocycles. The molecule has 3 amide bonds. The number of ether oxygens (including phenoxy) is 1. The van der Waals surface area contributed by atoms with Crippen molar-refractivity contribution in [3.63, 3.8) is 0 Å². The van der Waals surface area contributed by atoms with Gasteiger partial charge in [0.1, 0.15) is 11.8 Å². The number of carbonyl (C=O) groups is 3. The molecule has 8 nitrogen and oxygen atoms in total. The lowest BCUT2D eigenvalue weighted by Gasteiger charge is -2.29. The Kier molecular flexibility index (Phi) is 7.32. The highest BCUT2D eigenvalue weighted by atomic mass is 16.5. The molecule has 2 rings (SSSR count). The number of aromatic nitrogens is 1. The molecule has 2 heterocycles. The minimum absolute atomic E-state index is 0.0883. The fourth-order valence-corrected chi connectivity index (χ4v) is 3.11. The molecule has 8 heteroatoms. The summed E-state index contributed by atoms with van der Waals surface area (Å²) in [5.74, 6) is -0.480. The molecule has 0 bridgehead atoms. The van der Waals surface area contributed by atoms with E-state index in [1.807, 2.05) is 39.2 Å². The maximum absolute atomic E-state index is 12.9. The fraction of sp³-hybridized carbons (Fsp3) is 0.667. The first-order valence-electron chi connectivity index (χ1n) is 10.3. The van der Waals surface area contributed by atoms with Crippen molar-refractivity contribution in [1.29, 1.82) is 0 Å². The number of carbonyl (C=O) groups excluding carboxylic acids is 3. The van der Waals surface area contributed by atoms with Crippen LogP contribution in [-0.2, 0) is 11.3 Å². The maximum atomic E-state index is 12.9. The number of hydrogen-bond acceptors (Lipinski definition) is 4. The summed E-state index contributed by atoms with van der Waals surface area (Å²) < 4.78 is 7.47. The number of esters is 1. The summed E-state index contributed by atoms with van der Waals surface area (Å²) in [5, 5.41) is 5.43. The van der Waals surface area contributed by atoms with Gasteiger partial charge in [0, 0.05) is 38.9 Å². The van der Waals surface area contributed by atoms with E-state index in [0.717, 1.165) is 0 Å². The Bertz CT molecular complexity index is 763. The van der Waals surface area contributed by atoms with Crippen molar-refractivity contribution in [3.05, 3.63) is 23.0 Å². The van der Waals surface area contributed by atoms with Crippen molar-refractivity contribution in [2.24, 2.45) is 5.41 Å². The van der Waals surface area contributed by atoms with Gasteiger partial charge in [-0.25, -0.2) is 9.59 Å². The van der Waals surface area contributed by atoms with Crippen LogP contribution in [0.4, 0.5) is 4.79 Å². The van der Waals surface area contributed by atoms with E-state index in [-0.39, 0.29) is 23.5 Å². The molecule has 0 fully saturated rings. The number of amides is 3. The Balaban J connectivity index is 2.01. The predicted octanol–water partition coefficient (Wildman–Crippen LogP) is 2.55. The lowest BCUT2D eigenvalue weighted by molar-refractivity contribution is 0.00472. The SMILES string of the molecule is CCNC(=O)NCCCN1CCn2cc(C(=O)OC(C)C(C)(C)C)c(C)c2C1=O. The summed E-state index contributed by atoms with van der Waals surface area (Å²) in [6.45, 7) is 14.4. The molecule has 1 atom stereocenters. The van der Waals surface area contributed by atoms with Gasteiger partial charge in [0.2, 0.25) is 0 Å². The number of hydrogen-bond donors (Lipinski definition) is 2. The van der Waals surface area contributed by atoms with E-state index in [2.05, 4.69) is 10.6 Å². The van der Waals surface area contributed by atoms with E-state index >= 15 is 0 Å². The summed E-state index contributed by atoms with van der Waals surface area (Å²) in [6.07, 6.45) is 2.16. The van der Waals surface area contributed by atoms with Gasteiger partial charge in [-0.3, -0.25) is 4.79 Å². The second-order valence-corrected chi connectivity index (χ2v) is 8.56. The molecular formula is C21H34N4O4. The quantitative estimate of drug-likeness (QED) is 0.538. The number of nitrogens with one attached hydrogen (secondary N) is 2. The van der Waals surface area contributed by atoms with Crippen LogP contribution in [0.15, 0.2) is 6.20 Å². The number of rotatable bonds is 7. The smallest absolute Gasteiger partial charge is 0.340 e. The van der Waals surface area contributed by atoms with Gasteiger partial charge < -0.3 is 24.8 Å². The van der Waals surface area contributed by atoms with Crippen LogP contribution in [0.3, 0.4) is 0 Å². The first kappa shape index (κ1) is 22.8. The lowest BCUT2D eigenvalue weighted by Crippen LogP contribution is -2.42. The van der Waals surface area contributed by atoms with Crippen LogP contribution in [0.2, 0.25) is 0 Å². The van der Waals surface area contributed by atoms with Crippen LogP contribution in [0.5, 0.6) is 0 Å². The molecule has 0 saturated carbocycles. The van der Waals surface area contributed by atoms with E-state index in [1.165, 1.54) is 0 Å². The van der Waals surface area contributed by atoms with Gasteiger partial charge in [-0.1, -0.05) is 20.8 Å². The average molecular weight is 407 g/mol. The van der Waals surface area contributed by atoms with Gasteiger partial charge >= 0.3 is 12.0 Å². The first-order valence-corrected chi connectivity index (χ1v) is 10.3. The maximum Gasteiger partial charge on any atom is 0.340 e. The molecule has 0 aliphatic carbocycles. The molecule has 0 spiro atoms. The van der Waals surface area contributed by atoms with Crippen molar-refractivity contribution >= 4 is 17.9 Å². The molecule has 1 aromatic heterocycles. The Labute approximate surface area is 173 Å². The third-order valence-corrected chi connectivity index (χ3v) is 5.38. The minimum atomic E-state index is -0.391. The predicted molar refractivity (Wildman–Crippen MR) is 111 cm³/mol. The second-order valence-electron chi connectivity index (χ2n) is 8.56. The van der Waals surface area contributed by atoms with Crippen LogP contribution < -0.4 is 10.6 Å². The highest BCUT2D eigenvalue weighted by Gasteiger charge is 2.31. The highest BCUT2D eigenvalue weighted by Crippen LogP contribution is 2.26. The van der Waals surface area contributed by atoms with E-state index in [1.54, 1.807) is 18.0 Å². The molecule has 1 aromatic rings. The van der Waals surface area contributed by atoms with E-state index in [9.17, 15) is 14.4 Å². The van der Waals surface area contributed by atoms with Gasteiger partial charge in [-0.15, -0.1) is 0 Å². The molecular weight excluding hydrogens is 372 g/mol. The summed E-state index contributed by atoms with van der Waals surface area (Å²) in [6, 6.07) is -0.199. The molecule has 0 saturated heterocycles.